The predicted molar refractivity (Wildman–Crippen MR) is 66.1 cm³/mol. The summed E-state index contributed by atoms with van der Waals surface area (Å²) in [6.07, 6.45) is 8.98. The fourth-order valence-electron chi connectivity index (χ4n) is 3.34. The summed E-state index contributed by atoms with van der Waals surface area (Å²) in [7, 11) is 0. The molecular weight excluding hydrogens is 220 g/mol. The SMILES string of the molecule is CC1CCCc2c(Cl)nc(C3CCCC3)n21. The van der Waals surface area contributed by atoms with Crippen molar-refractivity contribution >= 4 is 11.6 Å². The van der Waals surface area contributed by atoms with E-state index in [0.29, 0.717) is 12.0 Å². The van der Waals surface area contributed by atoms with Gasteiger partial charge in [-0.2, -0.15) is 0 Å². The number of fused-ring (bicyclic) bond motifs is 1. The van der Waals surface area contributed by atoms with Gasteiger partial charge in [0.15, 0.2) is 5.15 Å². The van der Waals surface area contributed by atoms with Crippen molar-refractivity contribution in [1.82, 2.24) is 9.55 Å². The van der Waals surface area contributed by atoms with Gasteiger partial charge in [0.2, 0.25) is 0 Å². The second-order valence-corrected chi connectivity index (χ2v) is 5.66. The van der Waals surface area contributed by atoms with Gasteiger partial charge in [-0.05, 0) is 39.0 Å². The van der Waals surface area contributed by atoms with Gasteiger partial charge in [-0.3, -0.25) is 0 Å². The lowest BCUT2D eigenvalue weighted by Gasteiger charge is -2.25. The van der Waals surface area contributed by atoms with Crippen LogP contribution in [0.3, 0.4) is 0 Å². The van der Waals surface area contributed by atoms with Crippen LogP contribution < -0.4 is 0 Å². The van der Waals surface area contributed by atoms with E-state index in [1.54, 1.807) is 0 Å². The van der Waals surface area contributed by atoms with Crippen LogP contribution in [0.25, 0.3) is 0 Å². The quantitative estimate of drug-likeness (QED) is 0.721. The van der Waals surface area contributed by atoms with E-state index in [1.807, 2.05) is 0 Å². The number of rotatable bonds is 1. The second-order valence-electron chi connectivity index (χ2n) is 5.30. The summed E-state index contributed by atoms with van der Waals surface area (Å²) in [6, 6.07) is 0.597. The van der Waals surface area contributed by atoms with Crippen molar-refractivity contribution in [3.8, 4) is 0 Å². The lowest BCUT2D eigenvalue weighted by molar-refractivity contribution is 0.407. The Labute approximate surface area is 102 Å². The number of nitrogens with zero attached hydrogens (tertiary/aromatic N) is 2. The first-order valence-corrected chi connectivity index (χ1v) is 6.91. The maximum Gasteiger partial charge on any atom is 0.150 e. The van der Waals surface area contributed by atoms with Crippen molar-refractivity contribution in [3.63, 3.8) is 0 Å². The molecule has 1 unspecified atom stereocenters. The zero-order valence-corrected chi connectivity index (χ0v) is 10.6. The Balaban J connectivity index is 2.04. The Morgan fingerprint density at radius 1 is 1.19 bits per heavy atom. The summed E-state index contributed by atoms with van der Waals surface area (Å²) in [5.41, 5.74) is 1.29. The van der Waals surface area contributed by atoms with E-state index in [2.05, 4.69) is 16.5 Å². The van der Waals surface area contributed by atoms with Gasteiger partial charge in [-0.1, -0.05) is 24.4 Å². The molecule has 1 aromatic heterocycles. The lowest BCUT2D eigenvalue weighted by atomic mass is 10.0. The second kappa shape index (κ2) is 4.06. The molecule has 2 nitrogen and oxygen atoms in total. The van der Waals surface area contributed by atoms with Gasteiger partial charge in [0, 0.05) is 12.0 Å². The molecule has 1 aliphatic heterocycles. The van der Waals surface area contributed by atoms with Crippen LogP contribution in [0.15, 0.2) is 0 Å². The van der Waals surface area contributed by atoms with Gasteiger partial charge in [0.1, 0.15) is 5.82 Å². The molecule has 2 aliphatic rings. The van der Waals surface area contributed by atoms with E-state index < -0.39 is 0 Å². The maximum absolute atomic E-state index is 6.27. The Morgan fingerprint density at radius 2 is 1.94 bits per heavy atom. The number of halogens is 1. The van der Waals surface area contributed by atoms with Gasteiger partial charge in [-0.25, -0.2) is 4.98 Å². The van der Waals surface area contributed by atoms with Gasteiger partial charge in [-0.15, -0.1) is 0 Å². The Kier molecular flexibility index (Phi) is 2.70. The molecular formula is C13H19ClN2. The summed E-state index contributed by atoms with van der Waals surface area (Å²) in [6.45, 7) is 2.30. The van der Waals surface area contributed by atoms with Crippen molar-refractivity contribution in [2.45, 2.75) is 63.8 Å². The molecule has 0 bridgehead atoms. The molecule has 1 saturated carbocycles. The van der Waals surface area contributed by atoms with Crippen molar-refractivity contribution < 1.29 is 0 Å². The average molecular weight is 239 g/mol. The maximum atomic E-state index is 6.27. The Morgan fingerprint density at radius 3 is 2.69 bits per heavy atom. The van der Waals surface area contributed by atoms with Crippen molar-refractivity contribution in [1.29, 1.82) is 0 Å². The van der Waals surface area contributed by atoms with Gasteiger partial charge >= 0.3 is 0 Å². The molecule has 1 atom stereocenters. The molecule has 0 amide bonds. The van der Waals surface area contributed by atoms with E-state index in [-0.39, 0.29) is 0 Å². The standard InChI is InChI=1S/C13H19ClN2/c1-9-5-4-8-11-12(14)15-13(16(9)11)10-6-2-3-7-10/h9-10H,2-8H2,1H3. The summed E-state index contributed by atoms with van der Waals surface area (Å²) >= 11 is 6.27. The van der Waals surface area contributed by atoms with E-state index in [1.165, 1.54) is 50.0 Å². The lowest BCUT2D eigenvalue weighted by Crippen LogP contribution is -2.18. The molecule has 2 heterocycles. The van der Waals surface area contributed by atoms with Crippen molar-refractivity contribution in [3.05, 3.63) is 16.7 Å². The third-order valence-electron chi connectivity index (χ3n) is 4.19. The van der Waals surface area contributed by atoms with Crippen LogP contribution in [0.1, 0.15) is 68.9 Å². The first-order chi connectivity index (χ1) is 7.77. The first-order valence-electron chi connectivity index (χ1n) is 6.54. The normalized spacial score (nSPS) is 26.0. The van der Waals surface area contributed by atoms with Gasteiger partial charge in [0.25, 0.3) is 0 Å². The number of hydrogen-bond acceptors (Lipinski definition) is 1. The number of hydrogen-bond donors (Lipinski definition) is 0. The molecule has 3 heteroatoms. The zero-order chi connectivity index (χ0) is 11.1. The average Bonchev–Trinajstić information content (AvgIpc) is 2.87. The molecule has 0 aromatic carbocycles. The highest BCUT2D eigenvalue weighted by atomic mass is 35.5. The van der Waals surface area contributed by atoms with Gasteiger partial charge < -0.3 is 4.57 Å². The molecule has 1 aliphatic carbocycles. The highest BCUT2D eigenvalue weighted by molar-refractivity contribution is 6.30. The Bertz CT molecular complexity index is 391. The number of imidazole rings is 1. The third kappa shape index (κ3) is 1.58. The minimum atomic E-state index is 0.597. The van der Waals surface area contributed by atoms with Crippen LogP contribution in [0.4, 0.5) is 0 Å². The van der Waals surface area contributed by atoms with E-state index >= 15 is 0 Å². The highest BCUT2D eigenvalue weighted by Crippen LogP contribution is 2.39. The first kappa shape index (κ1) is 10.6. The molecule has 1 fully saturated rings. The van der Waals surface area contributed by atoms with Crippen LogP contribution >= 0.6 is 11.6 Å². The fourth-order valence-corrected chi connectivity index (χ4v) is 3.61. The summed E-state index contributed by atoms with van der Waals surface area (Å²) in [5.74, 6) is 1.96. The van der Waals surface area contributed by atoms with E-state index in [4.69, 9.17) is 11.6 Å². The molecule has 0 spiro atoms. The van der Waals surface area contributed by atoms with Crippen LogP contribution in [-0.2, 0) is 6.42 Å². The highest BCUT2D eigenvalue weighted by Gasteiger charge is 2.29. The predicted octanol–water partition coefficient (Wildman–Crippen LogP) is 4.09. The molecule has 3 rings (SSSR count). The van der Waals surface area contributed by atoms with Crippen LogP contribution in [-0.4, -0.2) is 9.55 Å². The topological polar surface area (TPSA) is 17.8 Å². The van der Waals surface area contributed by atoms with Crippen molar-refractivity contribution in [2.75, 3.05) is 0 Å². The van der Waals surface area contributed by atoms with Crippen molar-refractivity contribution in [2.24, 2.45) is 0 Å². The van der Waals surface area contributed by atoms with E-state index in [9.17, 15) is 0 Å². The summed E-state index contributed by atoms with van der Waals surface area (Å²) in [4.78, 5) is 4.65. The Hall–Kier alpha value is -0.500. The minimum Gasteiger partial charge on any atom is -0.328 e. The molecule has 88 valence electrons. The van der Waals surface area contributed by atoms with Crippen LogP contribution in [0, 0.1) is 0 Å². The summed E-state index contributed by atoms with van der Waals surface area (Å²) in [5, 5.41) is 0.772. The molecule has 0 radical (unpaired) electrons. The molecule has 16 heavy (non-hydrogen) atoms. The largest absolute Gasteiger partial charge is 0.328 e. The summed E-state index contributed by atoms with van der Waals surface area (Å²) < 4.78 is 2.45. The molecule has 0 saturated heterocycles. The smallest absolute Gasteiger partial charge is 0.150 e. The fraction of sp³-hybridized carbons (Fsp3) is 0.769. The minimum absolute atomic E-state index is 0.597. The number of aromatic nitrogens is 2. The molecule has 0 N–H and O–H groups in total. The van der Waals surface area contributed by atoms with Gasteiger partial charge in [0.05, 0.1) is 5.69 Å². The van der Waals surface area contributed by atoms with E-state index in [0.717, 1.165) is 11.6 Å². The van der Waals surface area contributed by atoms with Crippen LogP contribution in [0.5, 0.6) is 0 Å². The zero-order valence-electron chi connectivity index (χ0n) is 9.88. The third-order valence-corrected chi connectivity index (χ3v) is 4.49. The van der Waals surface area contributed by atoms with Crippen LogP contribution in [0.2, 0.25) is 5.15 Å². The molecule has 1 aromatic rings. The monoisotopic (exact) mass is 238 g/mol.